The van der Waals surface area contributed by atoms with Crippen LogP contribution in [0.25, 0.3) is 0 Å². The summed E-state index contributed by atoms with van der Waals surface area (Å²) in [6.07, 6.45) is 0. The number of carbonyl (C=O) groups is 1. The molecule has 0 saturated heterocycles. The fraction of sp³-hybridized carbons (Fsp3) is 0.286. The van der Waals surface area contributed by atoms with E-state index >= 15 is 0 Å². The summed E-state index contributed by atoms with van der Waals surface area (Å²) in [6, 6.07) is 0. The van der Waals surface area contributed by atoms with Crippen LogP contribution in [0, 0.1) is 13.8 Å². The minimum atomic E-state index is -0.904. The summed E-state index contributed by atoms with van der Waals surface area (Å²) in [7, 11) is 0. The highest BCUT2D eigenvalue weighted by Gasteiger charge is 2.15. The number of carboxylic acids is 1. The highest BCUT2D eigenvalue weighted by atomic mass is 79.9. The van der Waals surface area contributed by atoms with Gasteiger partial charge < -0.3 is 10.1 Å². The number of hydrogen-bond acceptors (Lipinski definition) is 1. The second-order valence-electron chi connectivity index (χ2n) is 2.37. The molecule has 1 aromatic heterocycles. The molecule has 0 aliphatic heterocycles. The smallest absolute Gasteiger partial charge is 0.338 e. The Hall–Kier alpha value is -0.770. The van der Waals surface area contributed by atoms with Gasteiger partial charge in [-0.15, -0.1) is 0 Å². The number of aromatic carboxylic acids is 1. The topological polar surface area (TPSA) is 53.1 Å². The molecule has 1 heterocycles. The Morgan fingerprint density at radius 2 is 2.09 bits per heavy atom. The molecule has 3 nitrogen and oxygen atoms in total. The van der Waals surface area contributed by atoms with E-state index < -0.39 is 5.97 Å². The van der Waals surface area contributed by atoms with Crippen LogP contribution in [0.15, 0.2) is 4.60 Å². The molecular weight excluding hydrogens is 210 g/mol. The fourth-order valence-corrected chi connectivity index (χ4v) is 1.69. The zero-order valence-corrected chi connectivity index (χ0v) is 7.82. The van der Waals surface area contributed by atoms with Crippen LogP contribution in [0.4, 0.5) is 0 Å². The number of aromatic nitrogens is 1. The minimum absolute atomic E-state index is 0.322. The third kappa shape index (κ3) is 1.30. The molecule has 2 N–H and O–H groups in total. The molecule has 0 aliphatic rings. The van der Waals surface area contributed by atoms with Gasteiger partial charge in [0.2, 0.25) is 0 Å². The Morgan fingerprint density at radius 3 is 2.27 bits per heavy atom. The summed E-state index contributed by atoms with van der Waals surface area (Å²) in [5, 5.41) is 8.71. The summed E-state index contributed by atoms with van der Waals surface area (Å²) in [5.41, 5.74) is 1.99. The first-order chi connectivity index (χ1) is 5.04. The van der Waals surface area contributed by atoms with Crippen LogP contribution in [-0.4, -0.2) is 16.1 Å². The molecule has 11 heavy (non-hydrogen) atoms. The summed E-state index contributed by atoms with van der Waals surface area (Å²) in [4.78, 5) is 13.5. The van der Waals surface area contributed by atoms with E-state index in [0.29, 0.717) is 10.2 Å². The lowest BCUT2D eigenvalue weighted by Gasteiger charge is -1.91. The number of aryl methyl sites for hydroxylation is 1. The molecule has 4 heteroatoms. The van der Waals surface area contributed by atoms with Crippen molar-refractivity contribution < 1.29 is 9.90 Å². The van der Waals surface area contributed by atoms with Crippen LogP contribution >= 0.6 is 15.9 Å². The maximum atomic E-state index is 10.6. The molecule has 0 bridgehead atoms. The van der Waals surface area contributed by atoms with Crippen LogP contribution in [0.5, 0.6) is 0 Å². The number of nitrogens with one attached hydrogen (secondary N) is 1. The molecule has 1 rings (SSSR count). The maximum Gasteiger partial charge on any atom is 0.338 e. The summed E-state index contributed by atoms with van der Waals surface area (Å²) < 4.78 is 0.542. The van der Waals surface area contributed by atoms with Gasteiger partial charge in [-0.3, -0.25) is 0 Å². The van der Waals surface area contributed by atoms with Gasteiger partial charge in [0.25, 0.3) is 0 Å². The molecule has 0 unspecified atom stereocenters. The quantitative estimate of drug-likeness (QED) is 0.758. The number of aromatic amines is 1. The largest absolute Gasteiger partial charge is 0.478 e. The minimum Gasteiger partial charge on any atom is -0.478 e. The highest BCUT2D eigenvalue weighted by molar-refractivity contribution is 9.10. The lowest BCUT2D eigenvalue weighted by molar-refractivity contribution is 0.0695. The fourth-order valence-electron chi connectivity index (χ4n) is 0.927. The molecule has 0 saturated carbocycles. The summed E-state index contributed by atoms with van der Waals surface area (Å²) in [6.45, 7) is 3.62. The zero-order chi connectivity index (χ0) is 8.59. The van der Waals surface area contributed by atoms with Gasteiger partial charge in [-0.05, 0) is 35.3 Å². The van der Waals surface area contributed by atoms with E-state index in [1.54, 1.807) is 6.92 Å². The van der Waals surface area contributed by atoms with Crippen molar-refractivity contribution in [1.82, 2.24) is 4.98 Å². The van der Waals surface area contributed by atoms with Crippen molar-refractivity contribution in [2.24, 2.45) is 0 Å². The first kappa shape index (κ1) is 8.33. The Labute approximate surface area is 72.6 Å². The predicted octanol–water partition coefficient (Wildman–Crippen LogP) is 2.09. The Kier molecular flexibility index (Phi) is 2.04. The van der Waals surface area contributed by atoms with Gasteiger partial charge in [-0.1, -0.05) is 0 Å². The van der Waals surface area contributed by atoms with Gasteiger partial charge in [0.05, 0.1) is 10.2 Å². The number of carboxylic acid groups (broad SMARTS) is 1. The van der Waals surface area contributed by atoms with Crippen molar-refractivity contribution in [2.75, 3.05) is 0 Å². The monoisotopic (exact) mass is 217 g/mol. The molecule has 0 fully saturated rings. The van der Waals surface area contributed by atoms with Crippen molar-refractivity contribution in [1.29, 1.82) is 0 Å². The molecule has 0 aromatic carbocycles. The molecule has 0 spiro atoms. The lowest BCUT2D eigenvalue weighted by Crippen LogP contribution is -1.97. The van der Waals surface area contributed by atoms with E-state index in [9.17, 15) is 4.79 Å². The molecule has 60 valence electrons. The van der Waals surface area contributed by atoms with Gasteiger partial charge in [-0.25, -0.2) is 4.79 Å². The van der Waals surface area contributed by atoms with Crippen molar-refractivity contribution in [3.05, 3.63) is 21.4 Å². The third-order valence-electron chi connectivity index (χ3n) is 1.67. The normalized spacial score (nSPS) is 10.1. The summed E-state index contributed by atoms with van der Waals surface area (Å²) in [5.74, 6) is -0.904. The van der Waals surface area contributed by atoms with E-state index in [1.807, 2.05) is 6.92 Å². The van der Waals surface area contributed by atoms with Gasteiger partial charge in [0.15, 0.2) is 0 Å². The standard InChI is InChI=1S/C7H8BrNO2/c1-3-4(2)9-6(8)5(3)7(10)11/h9H,1-2H3,(H,10,11). The van der Waals surface area contributed by atoms with Crippen LogP contribution in [-0.2, 0) is 0 Å². The second-order valence-corrected chi connectivity index (χ2v) is 3.16. The number of hydrogen-bond donors (Lipinski definition) is 2. The SMILES string of the molecule is Cc1[nH]c(Br)c(C(=O)O)c1C. The van der Waals surface area contributed by atoms with E-state index in [0.717, 1.165) is 11.3 Å². The van der Waals surface area contributed by atoms with E-state index in [4.69, 9.17) is 5.11 Å². The lowest BCUT2D eigenvalue weighted by atomic mass is 10.2. The van der Waals surface area contributed by atoms with Crippen LogP contribution in [0.2, 0.25) is 0 Å². The van der Waals surface area contributed by atoms with Crippen LogP contribution < -0.4 is 0 Å². The van der Waals surface area contributed by atoms with Crippen molar-refractivity contribution in [2.45, 2.75) is 13.8 Å². The van der Waals surface area contributed by atoms with Gasteiger partial charge >= 0.3 is 5.97 Å². The Bertz CT molecular complexity index is 304. The average Bonchev–Trinajstić information content (AvgIpc) is 2.07. The van der Waals surface area contributed by atoms with Crippen molar-refractivity contribution in [3.63, 3.8) is 0 Å². The second kappa shape index (κ2) is 2.70. The van der Waals surface area contributed by atoms with Crippen molar-refractivity contribution >= 4 is 21.9 Å². The van der Waals surface area contributed by atoms with E-state index in [1.165, 1.54) is 0 Å². The first-order valence-corrected chi connectivity index (χ1v) is 3.91. The number of rotatable bonds is 1. The van der Waals surface area contributed by atoms with Crippen molar-refractivity contribution in [3.8, 4) is 0 Å². The third-order valence-corrected chi connectivity index (χ3v) is 2.26. The average molecular weight is 218 g/mol. The molecule has 0 radical (unpaired) electrons. The van der Waals surface area contributed by atoms with Crippen LogP contribution in [0.1, 0.15) is 21.6 Å². The first-order valence-electron chi connectivity index (χ1n) is 3.12. The molecule has 1 aromatic rings. The Morgan fingerprint density at radius 1 is 1.55 bits per heavy atom. The molecule has 0 atom stereocenters. The van der Waals surface area contributed by atoms with Gasteiger partial charge in [-0.2, -0.15) is 0 Å². The Balaban J connectivity index is 3.34. The van der Waals surface area contributed by atoms with Gasteiger partial charge in [0.1, 0.15) is 0 Å². The zero-order valence-electron chi connectivity index (χ0n) is 6.23. The molecule has 0 aliphatic carbocycles. The highest BCUT2D eigenvalue weighted by Crippen LogP contribution is 2.22. The number of halogens is 1. The van der Waals surface area contributed by atoms with Gasteiger partial charge in [0, 0.05) is 5.69 Å². The maximum absolute atomic E-state index is 10.6. The predicted molar refractivity (Wildman–Crippen MR) is 44.9 cm³/mol. The number of H-pyrrole nitrogens is 1. The molecule has 0 amide bonds. The van der Waals surface area contributed by atoms with Crippen LogP contribution in [0.3, 0.4) is 0 Å². The summed E-state index contributed by atoms with van der Waals surface area (Å²) >= 11 is 3.13. The molecular formula is C7H8BrNO2. The van der Waals surface area contributed by atoms with E-state index in [2.05, 4.69) is 20.9 Å². The van der Waals surface area contributed by atoms with E-state index in [-0.39, 0.29) is 0 Å².